The van der Waals surface area contributed by atoms with Crippen LogP contribution in [0.2, 0.25) is 0 Å². The minimum absolute atomic E-state index is 0.220. The topological polar surface area (TPSA) is 124 Å². The van der Waals surface area contributed by atoms with E-state index in [9.17, 15) is 18.0 Å². The Morgan fingerprint density at radius 3 is 2.64 bits per heavy atom. The van der Waals surface area contributed by atoms with Gasteiger partial charge in [-0.3, -0.25) is 4.79 Å². The number of nitrogens with zero attached hydrogens (tertiary/aromatic N) is 2. The second kappa shape index (κ2) is 8.11. The van der Waals surface area contributed by atoms with E-state index >= 15 is 0 Å². The summed E-state index contributed by atoms with van der Waals surface area (Å²) < 4.78 is 25.4. The van der Waals surface area contributed by atoms with Crippen LogP contribution in [0.15, 0.2) is 35.1 Å². The highest BCUT2D eigenvalue weighted by Gasteiger charge is 2.25. The van der Waals surface area contributed by atoms with Crippen LogP contribution in [0.3, 0.4) is 0 Å². The molecule has 10 heteroatoms. The summed E-state index contributed by atoms with van der Waals surface area (Å²) in [4.78, 5) is 32.6. The predicted molar refractivity (Wildman–Crippen MR) is 107 cm³/mol. The Morgan fingerprint density at radius 1 is 1.29 bits per heavy atom. The Hall–Kier alpha value is -2.72. The molecular weight excluding hydrogens is 382 g/mol. The van der Waals surface area contributed by atoms with Crippen LogP contribution in [-0.4, -0.2) is 54.7 Å². The van der Waals surface area contributed by atoms with Crippen molar-refractivity contribution in [3.63, 3.8) is 0 Å². The van der Waals surface area contributed by atoms with Crippen molar-refractivity contribution in [2.45, 2.75) is 25.8 Å². The standard InChI is InChI=1S/C18H23N5O4S/c1-12-19-16(10-17(24)20-12)13-5-7-14(8-6-13)21-18(25)23-9-3-4-15(11-23)22-28(2,26)27/h5-8,10,15,22H,3-4,9,11H2,1-2H3,(H,21,25)(H,19,20,24). The van der Waals surface area contributed by atoms with Gasteiger partial charge in [-0.2, -0.15) is 0 Å². The lowest BCUT2D eigenvalue weighted by molar-refractivity contribution is 0.190. The highest BCUT2D eigenvalue weighted by molar-refractivity contribution is 7.88. The molecule has 0 radical (unpaired) electrons. The van der Waals surface area contributed by atoms with E-state index in [0.29, 0.717) is 36.7 Å². The van der Waals surface area contributed by atoms with E-state index < -0.39 is 10.0 Å². The first kappa shape index (κ1) is 20.0. The van der Waals surface area contributed by atoms with Crippen molar-refractivity contribution in [3.8, 4) is 11.3 Å². The molecule has 28 heavy (non-hydrogen) atoms. The Labute approximate surface area is 163 Å². The van der Waals surface area contributed by atoms with Crippen LogP contribution in [0.25, 0.3) is 11.3 Å². The lowest BCUT2D eigenvalue weighted by Crippen LogP contribution is -2.50. The van der Waals surface area contributed by atoms with Crippen LogP contribution in [-0.2, 0) is 10.0 Å². The summed E-state index contributed by atoms with van der Waals surface area (Å²) in [5.41, 5.74) is 1.71. The van der Waals surface area contributed by atoms with Gasteiger partial charge in [-0.05, 0) is 31.9 Å². The molecule has 1 aliphatic heterocycles. The zero-order valence-corrected chi connectivity index (χ0v) is 16.5. The number of nitrogens with one attached hydrogen (secondary N) is 3. The van der Waals surface area contributed by atoms with Gasteiger partial charge in [0.15, 0.2) is 0 Å². The van der Waals surface area contributed by atoms with Crippen molar-refractivity contribution in [1.82, 2.24) is 19.6 Å². The van der Waals surface area contributed by atoms with Crippen molar-refractivity contribution < 1.29 is 13.2 Å². The number of sulfonamides is 1. The first-order chi connectivity index (χ1) is 13.2. The number of anilines is 1. The van der Waals surface area contributed by atoms with Gasteiger partial charge in [0.25, 0.3) is 5.56 Å². The number of hydrogen-bond acceptors (Lipinski definition) is 5. The molecule has 3 rings (SSSR count). The third-order valence-corrected chi connectivity index (χ3v) is 5.14. The van der Waals surface area contributed by atoms with Gasteiger partial charge in [-0.25, -0.2) is 22.9 Å². The molecular formula is C18H23N5O4S. The summed E-state index contributed by atoms with van der Waals surface area (Å²) >= 11 is 0. The van der Waals surface area contributed by atoms with E-state index in [2.05, 4.69) is 20.0 Å². The summed E-state index contributed by atoms with van der Waals surface area (Å²) in [6.07, 6.45) is 2.55. The van der Waals surface area contributed by atoms with Crippen molar-refractivity contribution in [1.29, 1.82) is 0 Å². The number of amides is 2. The number of H-pyrrole nitrogens is 1. The molecule has 9 nitrogen and oxygen atoms in total. The number of piperidine rings is 1. The van der Waals surface area contributed by atoms with Gasteiger partial charge in [0, 0.05) is 36.4 Å². The van der Waals surface area contributed by atoms with Gasteiger partial charge in [0.2, 0.25) is 10.0 Å². The molecule has 1 aliphatic rings. The predicted octanol–water partition coefficient (Wildman–Crippen LogP) is 1.29. The molecule has 1 atom stereocenters. The molecule has 2 aromatic rings. The van der Waals surface area contributed by atoms with Crippen LogP contribution in [0.5, 0.6) is 0 Å². The zero-order chi connectivity index (χ0) is 20.3. The molecule has 1 unspecified atom stereocenters. The first-order valence-corrected chi connectivity index (χ1v) is 10.8. The molecule has 3 N–H and O–H groups in total. The van der Waals surface area contributed by atoms with Gasteiger partial charge in [-0.1, -0.05) is 12.1 Å². The maximum atomic E-state index is 12.5. The quantitative estimate of drug-likeness (QED) is 0.707. The molecule has 150 valence electrons. The molecule has 2 heterocycles. The minimum atomic E-state index is -3.31. The number of urea groups is 1. The molecule has 0 bridgehead atoms. The molecule has 1 fully saturated rings. The smallest absolute Gasteiger partial charge is 0.321 e. The number of aromatic nitrogens is 2. The summed E-state index contributed by atoms with van der Waals surface area (Å²) in [7, 11) is -3.31. The molecule has 1 aromatic heterocycles. The Balaban J connectivity index is 1.65. The average molecular weight is 405 g/mol. The summed E-state index contributed by atoms with van der Waals surface area (Å²) in [6.45, 7) is 2.61. The second-order valence-corrected chi connectivity index (χ2v) is 8.68. The number of carbonyl (C=O) groups is 1. The van der Waals surface area contributed by atoms with Gasteiger partial charge in [-0.15, -0.1) is 0 Å². The molecule has 1 aromatic carbocycles. The number of aromatic amines is 1. The normalized spacial score (nSPS) is 17.4. The SMILES string of the molecule is Cc1nc(-c2ccc(NC(=O)N3CCCC(NS(C)(=O)=O)C3)cc2)cc(=O)[nH]1. The van der Waals surface area contributed by atoms with Crippen LogP contribution in [0.1, 0.15) is 18.7 Å². The third kappa shape index (κ3) is 5.40. The largest absolute Gasteiger partial charge is 0.323 e. The highest BCUT2D eigenvalue weighted by atomic mass is 32.2. The highest BCUT2D eigenvalue weighted by Crippen LogP contribution is 2.19. The van der Waals surface area contributed by atoms with Crippen LogP contribution in [0.4, 0.5) is 10.5 Å². The number of carbonyl (C=O) groups excluding carboxylic acids is 1. The summed E-state index contributed by atoms with van der Waals surface area (Å²) in [5.74, 6) is 0.530. The molecule has 0 spiro atoms. The van der Waals surface area contributed by atoms with E-state index in [1.54, 1.807) is 36.1 Å². The lowest BCUT2D eigenvalue weighted by atomic mass is 10.1. The van der Waals surface area contributed by atoms with Crippen molar-refractivity contribution in [2.75, 3.05) is 24.7 Å². The molecule has 0 aliphatic carbocycles. The number of rotatable bonds is 4. The number of likely N-dealkylation sites (tertiary alicyclic amines) is 1. The van der Waals surface area contributed by atoms with Gasteiger partial charge < -0.3 is 15.2 Å². The van der Waals surface area contributed by atoms with Crippen LogP contribution >= 0.6 is 0 Å². The maximum Gasteiger partial charge on any atom is 0.321 e. The molecule has 2 amide bonds. The summed E-state index contributed by atoms with van der Waals surface area (Å²) in [6, 6.07) is 7.90. The van der Waals surface area contributed by atoms with E-state index in [4.69, 9.17) is 0 Å². The first-order valence-electron chi connectivity index (χ1n) is 8.91. The number of benzene rings is 1. The van der Waals surface area contributed by atoms with Crippen LogP contribution < -0.4 is 15.6 Å². The van der Waals surface area contributed by atoms with Crippen molar-refractivity contribution in [3.05, 3.63) is 46.5 Å². The molecule has 0 saturated carbocycles. The van der Waals surface area contributed by atoms with Gasteiger partial charge in [0.1, 0.15) is 5.82 Å². The number of hydrogen-bond donors (Lipinski definition) is 3. The van der Waals surface area contributed by atoms with Crippen LogP contribution in [0, 0.1) is 6.92 Å². The van der Waals surface area contributed by atoms with Crippen molar-refractivity contribution in [2.24, 2.45) is 0 Å². The van der Waals surface area contributed by atoms with E-state index in [0.717, 1.165) is 18.2 Å². The third-order valence-electron chi connectivity index (χ3n) is 4.38. The van der Waals surface area contributed by atoms with Crippen molar-refractivity contribution >= 4 is 21.7 Å². The fraction of sp³-hybridized carbons (Fsp3) is 0.389. The Kier molecular flexibility index (Phi) is 5.80. The second-order valence-electron chi connectivity index (χ2n) is 6.90. The zero-order valence-electron chi connectivity index (χ0n) is 15.7. The maximum absolute atomic E-state index is 12.5. The monoisotopic (exact) mass is 405 g/mol. The van der Waals surface area contributed by atoms with Gasteiger partial charge in [0.05, 0.1) is 11.9 Å². The Bertz CT molecular complexity index is 1020. The lowest BCUT2D eigenvalue weighted by Gasteiger charge is -2.32. The number of aryl methyl sites for hydroxylation is 1. The van der Waals surface area contributed by atoms with E-state index in [-0.39, 0.29) is 17.6 Å². The Morgan fingerprint density at radius 2 is 2.00 bits per heavy atom. The van der Waals surface area contributed by atoms with E-state index in [1.807, 2.05) is 0 Å². The fourth-order valence-corrected chi connectivity index (χ4v) is 4.01. The van der Waals surface area contributed by atoms with E-state index in [1.165, 1.54) is 6.07 Å². The minimum Gasteiger partial charge on any atom is -0.323 e. The molecule has 1 saturated heterocycles. The van der Waals surface area contributed by atoms with Gasteiger partial charge >= 0.3 is 6.03 Å². The average Bonchev–Trinajstić information content (AvgIpc) is 2.60. The summed E-state index contributed by atoms with van der Waals surface area (Å²) in [5, 5.41) is 2.82. The fourth-order valence-electron chi connectivity index (χ4n) is 3.21.